The van der Waals surface area contributed by atoms with Gasteiger partial charge in [0.1, 0.15) is 5.69 Å². The average Bonchev–Trinajstić information content (AvgIpc) is 2.48. The maximum absolute atomic E-state index is 11.6. The van der Waals surface area contributed by atoms with E-state index < -0.39 is 0 Å². The molecule has 0 aliphatic heterocycles. The highest BCUT2D eigenvalue weighted by molar-refractivity contribution is 5.96. The normalized spacial score (nSPS) is 21.7. The summed E-state index contributed by atoms with van der Waals surface area (Å²) >= 11 is 0. The quantitative estimate of drug-likeness (QED) is 0.666. The molecule has 2 N–H and O–H groups in total. The minimum absolute atomic E-state index is 0.178. The highest BCUT2D eigenvalue weighted by atomic mass is 16.1. The van der Waals surface area contributed by atoms with E-state index in [-0.39, 0.29) is 11.7 Å². The van der Waals surface area contributed by atoms with Gasteiger partial charge in [0.2, 0.25) is 0 Å². The molecule has 13 heavy (non-hydrogen) atoms. The lowest BCUT2D eigenvalue weighted by atomic mass is 9.89. The van der Waals surface area contributed by atoms with Crippen LogP contribution in [0.25, 0.3) is 0 Å². The Kier molecular flexibility index (Phi) is 1.92. The van der Waals surface area contributed by atoms with Crippen LogP contribution in [0.15, 0.2) is 6.33 Å². The third-order valence-electron chi connectivity index (χ3n) is 2.57. The molecular weight excluding hydrogens is 166 g/mol. The van der Waals surface area contributed by atoms with Crippen molar-refractivity contribution in [1.82, 2.24) is 9.55 Å². The van der Waals surface area contributed by atoms with Crippen molar-refractivity contribution in [2.24, 2.45) is 18.7 Å². The Hall–Kier alpha value is -1.16. The van der Waals surface area contributed by atoms with Crippen LogP contribution >= 0.6 is 0 Å². The average molecular weight is 179 g/mol. The Morgan fingerprint density at radius 1 is 1.69 bits per heavy atom. The number of carbonyl (C=O) groups excluding carboxylic acids is 1. The maximum Gasteiger partial charge on any atom is 0.181 e. The maximum atomic E-state index is 11.6. The van der Waals surface area contributed by atoms with Gasteiger partial charge in [-0.3, -0.25) is 4.79 Å². The summed E-state index contributed by atoms with van der Waals surface area (Å²) in [5.74, 6) is 0.464. The number of rotatable bonds is 1. The van der Waals surface area contributed by atoms with Crippen molar-refractivity contribution in [1.29, 1.82) is 0 Å². The van der Waals surface area contributed by atoms with Crippen molar-refractivity contribution < 1.29 is 4.79 Å². The zero-order valence-electron chi connectivity index (χ0n) is 7.66. The summed E-state index contributed by atoms with van der Waals surface area (Å²) < 4.78 is 1.80. The van der Waals surface area contributed by atoms with E-state index in [1.165, 1.54) is 0 Å². The summed E-state index contributed by atoms with van der Waals surface area (Å²) in [4.78, 5) is 15.8. The lowest BCUT2D eigenvalue weighted by Crippen LogP contribution is -2.27. The first-order valence-corrected chi connectivity index (χ1v) is 4.46. The van der Waals surface area contributed by atoms with Gasteiger partial charge in [-0.05, 0) is 18.9 Å². The van der Waals surface area contributed by atoms with E-state index in [0.717, 1.165) is 17.8 Å². The van der Waals surface area contributed by atoms with Crippen molar-refractivity contribution in [3.05, 3.63) is 17.7 Å². The molecule has 1 aromatic rings. The molecule has 0 fully saturated rings. The molecule has 0 radical (unpaired) electrons. The number of imidazole rings is 1. The number of Topliss-reactive ketones (excluding diaryl/α,β-unsaturated/α-hetero) is 1. The molecule has 0 bridgehead atoms. The number of nitrogens with zero attached hydrogens (tertiary/aromatic N) is 2. The zero-order chi connectivity index (χ0) is 9.42. The third kappa shape index (κ3) is 1.27. The van der Waals surface area contributed by atoms with Crippen LogP contribution < -0.4 is 5.73 Å². The fourth-order valence-corrected chi connectivity index (χ4v) is 1.86. The summed E-state index contributed by atoms with van der Waals surface area (Å²) in [6, 6.07) is 0. The third-order valence-corrected chi connectivity index (χ3v) is 2.57. The lowest BCUT2D eigenvalue weighted by molar-refractivity contribution is 0.0941. The van der Waals surface area contributed by atoms with E-state index in [0.29, 0.717) is 13.0 Å². The number of hydrogen-bond donors (Lipinski definition) is 1. The van der Waals surface area contributed by atoms with Crippen molar-refractivity contribution in [2.45, 2.75) is 12.8 Å². The second kappa shape index (κ2) is 2.96. The molecule has 0 spiro atoms. The van der Waals surface area contributed by atoms with Gasteiger partial charge in [0, 0.05) is 13.5 Å². The molecule has 2 rings (SSSR count). The van der Waals surface area contributed by atoms with Gasteiger partial charge in [-0.15, -0.1) is 0 Å². The van der Waals surface area contributed by atoms with Crippen molar-refractivity contribution >= 4 is 5.78 Å². The monoisotopic (exact) mass is 179 g/mol. The first kappa shape index (κ1) is 8.44. The van der Waals surface area contributed by atoms with Gasteiger partial charge in [0.25, 0.3) is 0 Å². The molecule has 4 heteroatoms. The lowest BCUT2D eigenvalue weighted by Gasteiger charge is -2.19. The summed E-state index contributed by atoms with van der Waals surface area (Å²) in [6.45, 7) is 0.571. The summed E-state index contributed by atoms with van der Waals surface area (Å²) in [7, 11) is 1.85. The summed E-state index contributed by atoms with van der Waals surface area (Å²) in [5, 5.41) is 0. The van der Waals surface area contributed by atoms with Crippen LogP contribution in [-0.2, 0) is 13.5 Å². The Morgan fingerprint density at radius 2 is 2.46 bits per heavy atom. The van der Waals surface area contributed by atoms with Crippen LogP contribution in [0.3, 0.4) is 0 Å². The van der Waals surface area contributed by atoms with Crippen LogP contribution in [0, 0.1) is 5.92 Å². The predicted molar refractivity (Wildman–Crippen MR) is 48.4 cm³/mol. The molecule has 0 saturated carbocycles. The number of ketones is 1. The van der Waals surface area contributed by atoms with E-state index in [4.69, 9.17) is 5.73 Å². The van der Waals surface area contributed by atoms with Gasteiger partial charge >= 0.3 is 0 Å². The highest BCUT2D eigenvalue weighted by Crippen LogP contribution is 2.23. The van der Waals surface area contributed by atoms with Gasteiger partial charge in [-0.1, -0.05) is 0 Å². The van der Waals surface area contributed by atoms with E-state index in [1.54, 1.807) is 10.9 Å². The van der Waals surface area contributed by atoms with Crippen LogP contribution in [0.5, 0.6) is 0 Å². The second-order valence-electron chi connectivity index (χ2n) is 3.58. The van der Waals surface area contributed by atoms with Gasteiger partial charge in [0.05, 0.1) is 12.0 Å². The molecule has 1 unspecified atom stereocenters. The smallest absolute Gasteiger partial charge is 0.181 e. The summed E-state index contributed by atoms with van der Waals surface area (Å²) in [5.41, 5.74) is 7.22. The van der Waals surface area contributed by atoms with Crippen molar-refractivity contribution in [3.63, 3.8) is 0 Å². The van der Waals surface area contributed by atoms with Gasteiger partial charge in [0.15, 0.2) is 5.78 Å². The minimum atomic E-state index is 0.178. The molecule has 0 aromatic carbocycles. The van der Waals surface area contributed by atoms with Crippen LogP contribution in [0.2, 0.25) is 0 Å². The topological polar surface area (TPSA) is 60.9 Å². The molecule has 1 atom stereocenters. The molecule has 0 amide bonds. The molecule has 0 saturated heterocycles. The number of fused-ring (bicyclic) bond motifs is 1. The fraction of sp³-hybridized carbons (Fsp3) is 0.556. The summed E-state index contributed by atoms with van der Waals surface area (Å²) in [6.07, 6.45) is 3.11. The van der Waals surface area contributed by atoms with Crippen LogP contribution in [0.4, 0.5) is 0 Å². The van der Waals surface area contributed by atoms with Gasteiger partial charge in [-0.25, -0.2) is 4.98 Å². The second-order valence-corrected chi connectivity index (χ2v) is 3.58. The first-order chi connectivity index (χ1) is 6.22. The first-order valence-electron chi connectivity index (χ1n) is 4.46. The number of aryl methyl sites for hydroxylation is 1. The molecule has 1 aromatic heterocycles. The molecular formula is C9H13N3O. The molecule has 1 aliphatic carbocycles. The van der Waals surface area contributed by atoms with Gasteiger partial charge < -0.3 is 10.3 Å². The van der Waals surface area contributed by atoms with E-state index >= 15 is 0 Å². The predicted octanol–water partition coefficient (Wildman–Crippen LogP) is 0.124. The zero-order valence-corrected chi connectivity index (χ0v) is 7.66. The molecule has 1 heterocycles. The Balaban J connectivity index is 2.39. The standard InChI is InChI=1S/C9H13N3O/c1-12-5-11-7-2-6(4-10)3-8(13)9(7)12/h5-6H,2-4,10H2,1H3. The SMILES string of the molecule is Cn1cnc2c1C(=O)CC(CN)C2. The van der Waals surface area contributed by atoms with Gasteiger partial charge in [-0.2, -0.15) is 0 Å². The number of nitrogens with two attached hydrogens (primary N) is 1. The Bertz CT molecular complexity index is 343. The fourth-order valence-electron chi connectivity index (χ4n) is 1.86. The van der Waals surface area contributed by atoms with Crippen molar-refractivity contribution in [2.75, 3.05) is 6.54 Å². The van der Waals surface area contributed by atoms with E-state index in [9.17, 15) is 4.79 Å². The number of carbonyl (C=O) groups is 1. The van der Waals surface area contributed by atoms with Crippen LogP contribution in [0.1, 0.15) is 22.6 Å². The van der Waals surface area contributed by atoms with Crippen molar-refractivity contribution in [3.8, 4) is 0 Å². The highest BCUT2D eigenvalue weighted by Gasteiger charge is 2.27. The Labute approximate surface area is 76.8 Å². The molecule has 1 aliphatic rings. The minimum Gasteiger partial charge on any atom is -0.331 e. The number of hydrogen-bond acceptors (Lipinski definition) is 3. The molecule has 70 valence electrons. The van der Waals surface area contributed by atoms with Crippen LogP contribution in [-0.4, -0.2) is 21.9 Å². The van der Waals surface area contributed by atoms with E-state index in [2.05, 4.69) is 4.98 Å². The number of aromatic nitrogens is 2. The molecule has 4 nitrogen and oxygen atoms in total. The largest absolute Gasteiger partial charge is 0.331 e. The van der Waals surface area contributed by atoms with E-state index in [1.807, 2.05) is 7.05 Å². The Morgan fingerprint density at radius 3 is 3.15 bits per heavy atom.